The van der Waals surface area contributed by atoms with Crippen molar-refractivity contribution in [1.82, 2.24) is 0 Å². The molecule has 1 heterocycles. The fourth-order valence-electron chi connectivity index (χ4n) is 2.95. The van der Waals surface area contributed by atoms with Crippen molar-refractivity contribution < 1.29 is 23.5 Å². The number of rotatable bonds is 5. The van der Waals surface area contributed by atoms with E-state index in [0.717, 1.165) is 19.2 Å². The summed E-state index contributed by atoms with van der Waals surface area (Å²) in [4.78, 5) is 25.4. The van der Waals surface area contributed by atoms with E-state index in [1.807, 2.05) is 0 Å². The normalized spacial score (nSPS) is 16.5. The molecule has 27 heavy (non-hydrogen) atoms. The van der Waals surface area contributed by atoms with Crippen LogP contribution in [0.5, 0.6) is 5.75 Å². The topological polar surface area (TPSA) is 55.8 Å². The molecule has 2 aromatic rings. The molecule has 3 rings (SSSR count). The maximum atomic E-state index is 14.1. The first-order valence-corrected chi connectivity index (χ1v) is 8.94. The molecule has 0 N–H and O–H groups in total. The molecule has 2 aromatic carbocycles. The molecule has 1 atom stereocenters. The standard InChI is InChI=1S/C19H16Cl2FNO4/c1-26-19(25)14-8-15(21)17(9-16(14)22)27-10-13-6-7-18(24)23(13)12-4-2-11(20)3-5-12/h2-5,8-9,13H,6-7,10H2,1H3/t13-/m1/s1. The molecule has 1 aliphatic rings. The molecule has 1 fully saturated rings. The van der Waals surface area contributed by atoms with Crippen LogP contribution in [-0.4, -0.2) is 31.6 Å². The molecule has 0 spiro atoms. The van der Waals surface area contributed by atoms with Gasteiger partial charge in [-0.15, -0.1) is 0 Å². The number of esters is 1. The van der Waals surface area contributed by atoms with Crippen LogP contribution in [0.1, 0.15) is 23.2 Å². The number of anilines is 1. The number of ether oxygens (including phenoxy) is 2. The average molecular weight is 412 g/mol. The molecule has 0 aliphatic carbocycles. The lowest BCUT2D eigenvalue weighted by Gasteiger charge is -2.25. The van der Waals surface area contributed by atoms with Gasteiger partial charge in [0.25, 0.3) is 0 Å². The van der Waals surface area contributed by atoms with Crippen LogP contribution in [0.4, 0.5) is 10.1 Å². The van der Waals surface area contributed by atoms with Crippen LogP contribution in [0.15, 0.2) is 36.4 Å². The van der Waals surface area contributed by atoms with Crippen LogP contribution in [0.2, 0.25) is 10.0 Å². The van der Waals surface area contributed by atoms with Gasteiger partial charge in [0.1, 0.15) is 18.2 Å². The lowest BCUT2D eigenvalue weighted by molar-refractivity contribution is -0.117. The maximum absolute atomic E-state index is 14.1. The van der Waals surface area contributed by atoms with Crippen molar-refractivity contribution in [1.29, 1.82) is 0 Å². The van der Waals surface area contributed by atoms with E-state index in [-0.39, 0.29) is 34.9 Å². The number of carbonyl (C=O) groups excluding carboxylic acids is 2. The Kier molecular flexibility index (Phi) is 5.87. The highest BCUT2D eigenvalue weighted by molar-refractivity contribution is 6.32. The molecule has 1 amide bonds. The zero-order chi connectivity index (χ0) is 19.6. The Morgan fingerprint density at radius 1 is 1.26 bits per heavy atom. The van der Waals surface area contributed by atoms with Gasteiger partial charge in [0, 0.05) is 23.2 Å². The van der Waals surface area contributed by atoms with Gasteiger partial charge in [0.05, 0.1) is 23.7 Å². The second-order valence-corrected chi connectivity index (χ2v) is 6.84. The highest BCUT2D eigenvalue weighted by Gasteiger charge is 2.33. The summed E-state index contributed by atoms with van der Waals surface area (Å²) in [6, 6.07) is 8.91. The molecule has 0 bridgehead atoms. The Labute approximate surface area is 165 Å². The number of methoxy groups -OCH3 is 1. The minimum absolute atomic E-state index is 0.0239. The fraction of sp³-hybridized carbons (Fsp3) is 0.263. The smallest absolute Gasteiger partial charge is 0.340 e. The van der Waals surface area contributed by atoms with Gasteiger partial charge in [-0.1, -0.05) is 23.2 Å². The number of halogens is 3. The summed E-state index contributed by atoms with van der Waals surface area (Å²) in [5, 5.41) is 0.658. The third-order valence-electron chi connectivity index (χ3n) is 4.29. The second-order valence-electron chi connectivity index (χ2n) is 6.00. The van der Waals surface area contributed by atoms with Crippen LogP contribution >= 0.6 is 23.2 Å². The molecule has 0 radical (unpaired) electrons. The minimum atomic E-state index is -0.823. The van der Waals surface area contributed by atoms with Crippen LogP contribution in [0, 0.1) is 5.82 Å². The average Bonchev–Trinajstić information content (AvgIpc) is 3.02. The number of carbonyl (C=O) groups is 2. The second kappa shape index (κ2) is 8.15. The zero-order valence-electron chi connectivity index (χ0n) is 14.4. The van der Waals surface area contributed by atoms with Crippen molar-refractivity contribution in [2.75, 3.05) is 18.6 Å². The largest absolute Gasteiger partial charge is 0.490 e. The molecule has 5 nitrogen and oxygen atoms in total. The Hall–Kier alpha value is -2.31. The van der Waals surface area contributed by atoms with E-state index in [1.165, 1.54) is 0 Å². The van der Waals surface area contributed by atoms with Crippen LogP contribution in [-0.2, 0) is 9.53 Å². The van der Waals surface area contributed by atoms with Crippen LogP contribution in [0.25, 0.3) is 0 Å². The summed E-state index contributed by atoms with van der Waals surface area (Å²) in [5.74, 6) is -1.55. The van der Waals surface area contributed by atoms with Gasteiger partial charge in [0.15, 0.2) is 0 Å². The highest BCUT2D eigenvalue weighted by atomic mass is 35.5. The van der Waals surface area contributed by atoms with E-state index in [4.69, 9.17) is 27.9 Å². The van der Waals surface area contributed by atoms with Gasteiger partial charge in [-0.2, -0.15) is 0 Å². The first-order chi connectivity index (χ1) is 12.9. The van der Waals surface area contributed by atoms with Gasteiger partial charge < -0.3 is 14.4 Å². The number of hydrogen-bond acceptors (Lipinski definition) is 4. The number of hydrogen-bond donors (Lipinski definition) is 0. The summed E-state index contributed by atoms with van der Waals surface area (Å²) in [7, 11) is 1.16. The van der Waals surface area contributed by atoms with E-state index in [1.54, 1.807) is 29.2 Å². The van der Waals surface area contributed by atoms with Gasteiger partial charge >= 0.3 is 5.97 Å². The van der Waals surface area contributed by atoms with Crippen molar-refractivity contribution in [2.24, 2.45) is 0 Å². The summed E-state index contributed by atoms with van der Waals surface area (Å²) < 4.78 is 24.2. The lowest BCUT2D eigenvalue weighted by Crippen LogP contribution is -2.37. The van der Waals surface area contributed by atoms with E-state index in [0.29, 0.717) is 23.6 Å². The lowest BCUT2D eigenvalue weighted by atomic mass is 10.2. The van der Waals surface area contributed by atoms with Gasteiger partial charge in [-0.05, 0) is 36.8 Å². The van der Waals surface area contributed by atoms with E-state index in [2.05, 4.69) is 4.74 Å². The Morgan fingerprint density at radius 2 is 1.96 bits per heavy atom. The first-order valence-electron chi connectivity index (χ1n) is 8.18. The predicted octanol–water partition coefficient (Wildman–Crippen LogP) is 4.49. The Balaban J connectivity index is 1.75. The summed E-state index contributed by atoms with van der Waals surface area (Å²) >= 11 is 12.0. The summed E-state index contributed by atoms with van der Waals surface area (Å²) in [6.45, 7) is 0.130. The predicted molar refractivity (Wildman–Crippen MR) is 100 cm³/mol. The zero-order valence-corrected chi connectivity index (χ0v) is 15.9. The molecule has 1 saturated heterocycles. The molecule has 142 valence electrons. The minimum Gasteiger partial charge on any atom is -0.490 e. The van der Waals surface area contributed by atoms with Crippen molar-refractivity contribution in [3.8, 4) is 5.75 Å². The Bertz CT molecular complexity index is 873. The van der Waals surface area contributed by atoms with Crippen molar-refractivity contribution in [3.63, 3.8) is 0 Å². The quantitative estimate of drug-likeness (QED) is 0.679. The van der Waals surface area contributed by atoms with Crippen molar-refractivity contribution in [2.45, 2.75) is 18.9 Å². The SMILES string of the molecule is COC(=O)c1cc(Cl)c(OC[C@H]2CCC(=O)N2c2ccc(Cl)cc2)cc1F. The number of nitrogens with zero attached hydrogens (tertiary/aromatic N) is 1. The molecule has 0 unspecified atom stereocenters. The molecule has 8 heteroatoms. The number of benzene rings is 2. The van der Waals surface area contributed by atoms with Gasteiger partial charge in [-0.25, -0.2) is 9.18 Å². The number of amides is 1. The van der Waals surface area contributed by atoms with Crippen molar-refractivity contribution in [3.05, 3.63) is 57.8 Å². The van der Waals surface area contributed by atoms with Crippen LogP contribution < -0.4 is 9.64 Å². The molecule has 0 saturated carbocycles. The Morgan fingerprint density at radius 3 is 2.63 bits per heavy atom. The molecular formula is C19H16Cl2FNO4. The summed E-state index contributed by atoms with van der Waals surface area (Å²) in [6.07, 6.45) is 0.988. The van der Waals surface area contributed by atoms with Gasteiger partial charge in [0.2, 0.25) is 5.91 Å². The molecule has 1 aliphatic heterocycles. The third kappa shape index (κ3) is 4.17. The highest BCUT2D eigenvalue weighted by Crippen LogP contribution is 2.31. The van der Waals surface area contributed by atoms with E-state index in [9.17, 15) is 14.0 Å². The maximum Gasteiger partial charge on any atom is 0.340 e. The van der Waals surface area contributed by atoms with Crippen LogP contribution in [0.3, 0.4) is 0 Å². The first kappa shape index (κ1) is 19.5. The molecular weight excluding hydrogens is 396 g/mol. The van der Waals surface area contributed by atoms with Gasteiger partial charge in [-0.3, -0.25) is 4.79 Å². The monoisotopic (exact) mass is 411 g/mol. The van der Waals surface area contributed by atoms with Crippen molar-refractivity contribution >= 4 is 40.8 Å². The third-order valence-corrected chi connectivity index (χ3v) is 4.84. The van der Waals surface area contributed by atoms with E-state index >= 15 is 0 Å². The fourth-order valence-corrected chi connectivity index (χ4v) is 3.29. The summed E-state index contributed by atoms with van der Waals surface area (Å²) in [5.41, 5.74) is 0.447. The van der Waals surface area contributed by atoms with E-state index < -0.39 is 11.8 Å². The molecule has 0 aromatic heterocycles.